The highest BCUT2D eigenvalue weighted by Crippen LogP contribution is 2.32. The van der Waals surface area contributed by atoms with E-state index in [0.29, 0.717) is 11.8 Å². The second kappa shape index (κ2) is 6.46. The average molecular weight is 345 g/mol. The highest BCUT2D eigenvalue weighted by atomic mass is 79.9. The van der Waals surface area contributed by atoms with Gasteiger partial charge < -0.3 is 14.5 Å². The monoisotopic (exact) mass is 343 g/mol. The topological polar surface area (TPSA) is 34.4 Å². The summed E-state index contributed by atoms with van der Waals surface area (Å²) < 4.78 is 11.9. The van der Waals surface area contributed by atoms with Gasteiger partial charge in [0.1, 0.15) is 11.5 Å². The molecular formula is C14H15BrClNO2. The minimum Gasteiger partial charge on any atom is -0.494 e. The van der Waals surface area contributed by atoms with Crippen LogP contribution in [0, 0.1) is 0 Å². The van der Waals surface area contributed by atoms with Gasteiger partial charge in [-0.1, -0.05) is 22.0 Å². The van der Waals surface area contributed by atoms with Gasteiger partial charge in [0.25, 0.3) is 0 Å². The number of furan rings is 1. The normalized spacial score (nSPS) is 12.4. The van der Waals surface area contributed by atoms with Crippen LogP contribution in [0.4, 0.5) is 0 Å². The lowest BCUT2D eigenvalue weighted by Gasteiger charge is -2.16. The fourth-order valence-electron chi connectivity index (χ4n) is 1.93. The molecule has 0 saturated heterocycles. The lowest BCUT2D eigenvalue weighted by atomic mass is 10.0. The van der Waals surface area contributed by atoms with Crippen LogP contribution >= 0.6 is 27.5 Å². The molecule has 0 bridgehead atoms. The SMILES string of the molecule is CCOc1ccc(C(NC)c2ccc(Cl)o2)c(Br)c1. The molecule has 0 aliphatic rings. The summed E-state index contributed by atoms with van der Waals surface area (Å²) in [6.07, 6.45) is 0. The van der Waals surface area contributed by atoms with E-state index in [0.717, 1.165) is 21.5 Å². The molecule has 5 heteroatoms. The van der Waals surface area contributed by atoms with Crippen molar-refractivity contribution in [2.45, 2.75) is 13.0 Å². The summed E-state index contributed by atoms with van der Waals surface area (Å²) in [5.41, 5.74) is 1.07. The standard InChI is InChI=1S/C14H15BrClNO2/c1-3-18-9-4-5-10(11(15)8-9)14(17-2)12-6-7-13(16)19-12/h4-8,14,17H,3H2,1-2H3. The summed E-state index contributed by atoms with van der Waals surface area (Å²) >= 11 is 9.40. The van der Waals surface area contributed by atoms with Crippen LogP contribution in [0.1, 0.15) is 24.3 Å². The lowest BCUT2D eigenvalue weighted by Crippen LogP contribution is -2.17. The Morgan fingerprint density at radius 2 is 2.16 bits per heavy atom. The zero-order chi connectivity index (χ0) is 13.8. The first-order chi connectivity index (χ1) is 9.15. The van der Waals surface area contributed by atoms with E-state index in [1.807, 2.05) is 38.2 Å². The zero-order valence-electron chi connectivity index (χ0n) is 10.7. The Hall–Kier alpha value is -0.970. The van der Waals surface area contributed by atoms with Crippen molar-refractivity contribution in [2.75, 3.05) is 13.7 Å². The maximum atomic E-state index is 5.83. The third kappa shape index (κ3) is 3.32. The Kier molecular flexibility index (Phi) is 4.91. The summed E-state index contributed by atoms with van der Waals surface area (Å²) in [7, 11) is 1.88. The predicted molar refractivity (Wildman–Crippen MR) is 79.9 cm³/mol. The first-order valence-electron chi connectivity index (χ1n) is 6.00. The number of halogens is 2. The summed E-state index contributed by atoms with van der Waals surface area (Å²) in [5.74, 6) is 1.61. The molecule has 1 aromatic carbocycles. The van der Waals surface area contributed by atoms with Crippen molar-refractivity contribution in [3.8, 4) is 5.75 Å². The van der Waals surface area contributed by atoms with Gasteiger partial charge in [0.15, 0.2) is 5.22 Å². The van der Waals surface area contributed by atoms with E-state index in [-0.39, 0.29) is 6.04 Å². The summed E-state index contributed by atoms with van der Waals surface area (Å²) in [4.78, 5) is 0. The fraction of sp³-hybridized carbons (Fsp3) is 0.286. The van der Waals surface area contributed by atoms with E-state index in [4.69, 9.17) is 20.8 Å². The minimum atomic E-state index is -0.0578. The Morgan fingerprint density at radius 1 is 1.37 bits per heavy atom. The Labute approximate surface area is 126 Å². The highest BCUT2D eigenvalue weighted by molar-refractivity contribution is 9.10. The van der Waals surface area contributed by atoms with Crippen LogP contribution in [-0.2, 0) is 0 Å². The van der Waals surface area contributed by atoms with Gasteiger partial charge in [-0.2, -0.15) is 0 Å². The molecule has 102 valence electrons. The van der Waals surface area contributed by atoms with E-state index in [1.165, 1.54) is 0 Å². The average Bonchev–Trinajstić information content (AvgIpc) is 2.80. The third-order valence-electron chi connectivity index (χ3n) is 2.76. The molecule has 0 spiro atoms. The molecule has 1 aromatic heterocycles. The quantitative estimate of drug-likeness (QED) is 0.873. The number of rotatable bonds is 5. The molecule has 2 aromatic rings. The molecular weight excluding hydrogens is 330 g/mol. The number of nitrogens with one attached hydrogen (secondary N) is 1. The van der Waals surface area contributed by atoms with Crippen LogP contribution in [0.3, 0.4) is 0 Å². The van der Waals surface area contributed by atoms with Crippen molar-refractivity contribution in [2.24, 2.45) is 0 Å². The predicted octanol–water partition coefficient (Wildman–Crippen LogP) is 4.40. The Balaban J connectivity index is 2.33. The van der Waals surface area contributed by atoms with Gasteiger partial charge in [-0.15, -0.1) is 0 Å². The van der Waals surface area contributed by atoms with Gasteiger partial charge in [-0.05, 0) is 55.4 Å². The van der Waals surface area contributed by atoms with Crippen LogP contribution in [0.2, 0.25) is 5.22 Å². The number of hydrogen-bond donors (Lipinski definition) is 1. The van der Waals surface area contributed by atoms with E-state index < -0.39 is 0 Å². The van der Waals surface area contributed by atoms with E-state index in [9.17, 15) is 0 Å². The van der Waals surface area contributed by atoms with Gasteiger partial charge in [0, 0.05) is 4.47 Å². The Morgan fingerprint density at radius 3 is 2.68 bits per heavy atom. The zero-order valence-corrected chi connectivity index (χ0v) is 13.1. The van der Waals surface area contributed by atoms with Crippen LogP contribution < -0.4 is 10.1 Å². The van der Waals surface area contributed by atoms with E-state index in [2.05, 4.69) is 21.2 Å². The molecule has 1 atom stereocenters. The second-order valence-electron chi connectivity index (χ2n) is 3.98. The smallest absolute Gasteiger partial charge is 0.193 e. The summed E-state index contributed by atoms with van der Waals surface area (Å²) in [6.45, 7) is 2.61. The van der Waals surface area contributed by atoms with Gasteiger partial charge >= 0.3 is 0 Å². The third-order valence-corrected chi connectivity index (χ3v) is 3.65. The van der Waals surface area contributed by atoms with Crippen molar-refractivity contribution in [3.05, 3.63) is 51.3 Å². The maximum Gasteiger partial charge on any atom is 0.193 e. The molecule has 0 aliphatic heterocycles. The Bertz CT molecular complexity index is 556. The van der Waals surface area contributed by atoms with Crippen LogP contribution in [0.5, 0.6) is 5.75 Å². The molecule has 1 unspecified atom stereocenters. The molecule has 0 fully saturated rings. The first-order valence-corrected chi connectivity index (χ1v) is 7.17. The lowest BCUT2D eigenvalue weighted by molar-refractivity contribution is 0.339. The largest absolute Gasteiger partial charge is 0.494 e. The van der Waals surface area contributed by atoms with Crippen molar-refractivity contribution >= 4 is 27.5 Å². The first kappa shape index (κ1) is 14.4. The van der Waals surface area contributed by atoms with Crippen molar-refractivity contribution in [3.63, 3.8) is 0 Å². The fourth-order valence-corrected chi connectivity index (χ4v) is 2.67. The molecule has 0 saturated carbocycles. The van der Waals surface area contributed by atoms with Crippen LogP contribution in [-0.4, -0.2) is 13.7 Å². The molecule has 3 nitrogen and oxygen atoms in total. The summed E-state index contributed by atoms with van der Waals surface area (Å²) in [5, 5.41) is 3.60. The molecule has 0 amide bonds. The van der Waals surface area contributed by atoms with Crippen molar-refractivity contribution in [1.29, 1.82) is 0 Å². The van der Waals surface area contributed by atoms with Crippen LogP contribution in [0.25, 0.3) is 0 Å². The minimum absolute atomic E-state index is 0.0578. The van der Waals surface area contributed by atoms with E-state index >= 15 is 0 Å². The summed E-state index contributed by atoms with van der Waals surface area (Å²) in [6, 6.07) is 9.45. The van der Waals surface area contributed by atoms with Crippen LogP contribution in [0.15, 0.2) is 39.2 Å². The van der Waals surface area contributed by atoms with Crippen molar-refractivity contribution < 1.29 is 9.15 Å². The van der Waals surface area contributed by atoms with Gasteiger partial charge in [-0.3, -0.25) is 0 Å². The molecule has 0 aliphatic carbocycles. The number of benzene rings is 1. The number of hydrogen-bond acceptors (Lipinski definition) is 3. The molecule has 1 N–H and O–H groups in total. The van der Waals surface area contributed by atoms with Gasteiger partial charge in [0.05, 0.1) is 12.6 Å². The number of ether oxygens (including phenoxy) is 1. The molecule has 1 heterocycles. The maximum absolute atomic E-state index is 5.83. The molecule has 19 heavy (non-hydrogen) atoms. The molecule has 2 rings (SSSR count). The van der Waals surface area contributed by atoms with Gasteiger partial charge in [0.2, 0.25) is 0 Å². The van der Waals surface area contributed by atoms with E-state index in [1.54, 1.807) is 6.07 Å². The van der Waals surface area contributed by atoms with Crippen molar-refractivity contribution in [1.82, 2.24) is 5.32 Å². The highest BCUT2D eigenvalue weighted by Gasteiger charge is 2.18. The van der Waals surface area contributed by atoms with Gasteiger partial charge in [-0.25, -0.2) is 0 Å². The second-order valence-corrected chi connectivity index (χ2v) is 5.21. The molecule has 0 radical (unpaired) electrons.